The highest BCUT2D eigenvalue weighted by Gasteiger charge is 2.11. The van der Waals surface area contributed by atoms with E-state index in [9.17, 15) is 8.42 Å². The summed E-state index contributed by atoms with van der Waals surface area (Å²) in [6.07, 6.45) is 3.47. The van der Waals surface area contributed by atoms with Crippen LogP contribution in [0.15, 0.2) is 41.8 Å². The largest absolute Gasteiger partial charge is 0.223 e. The second-order valence-electron chi connectivity index (χ2n) is 3.46. The van der Waals surface area contributed by atoms with Crippen LogP contribution in [0.1, 0.15) is 18.9 Å². The van der Waals surface area contributed by atoms with E-state index in [1.165, 1.54) is 11.6 Å². The van der Waals surface area contributed by atoms with Crippen molar-refractivity contribution in [1.82, 2.24) is 0 Å². The van der Waals surface area contributed by atoms with E-state index in [2.05, 4.69) is 13.5 Å². The summed E-state index contributed by atoms with van der Waals surface area (Å²) in [5.74, 6) is 0.000123. The van der Waals surface area contributed by atoms with Crippen LogP contribution in [0.25, 0.3) is 0 Å². The third kappa shape index (κ3) is 3.20. The molecule has 0 saturated heterocycles. The van der Waals surface area contributed by atoms with Crippen LogP contribution in [0, 0.1) is 0 Å². The van der Waals surface area contributed by atoms with Gasteiger partial charge in [0.25, 0.3) is 0 Å². The fourth-order valence-corrected chi connectivity index (χ4v) is 2.46. The molecular weight excluding hydrogens is 208 g/mol. The van der Waals surface area contributed by atoms with Crippen LogP contribution in [0.5, 0.6) is 0 Å². The maximum absolute atomic E-state index is 11.6. The average molecular weight is 224 g/mol. The van der Waals surface area contributed by atoms with Gasteiger partial charge in [-0.25, -0.2) is 8.42 Å². The van der Waals surface area contributed by atoms with Crippen molar-refractivity contribution in [3.8, 4) is 0 Å². The molecule has 1 aromatic carbocycles. The van der Waals surface area contributed by atoms with Crippen LogP contribution in [0.4, 0.5) is 0 Å². The van der Waals surface area contributed by atoms with Crippen LogP contribution in [0.3, 0.4) is 0 Å². The van der Waals surface area contributed by atoms with Crippen molar-refractivity contribution in [3.63, 3.8) is 0 Å². The number of hydrogen-bond donors (Lipinski definition) is 0. The summed E-state index contributed by atoms with van der Waals surface area (Å²) in [5.41, 5.74) is 1.18. The molecule has 0 aliphatic heterocycles. The molecule has 0 heterocycles. The van der Waals surface area contributed by atoms with Gasteiger partial charge in [-0.15, -0.1) is 6.58 Å². The summed E-state index contributed by atoms with van der Waals surface area (Å²) in [6.45, 7) is 5.54. The molecular formula is C12H16O2S. The van der Waals surface area contributed by atoms with Gasteiger partial charge in [-0.2, -0.15) is 0 Å². The predicted octanol–water partition coefficient (Wildman–Crippen LogP) is 2.60. The lowest BCUT2D eigenvalue weighted by atomic mass is 10.1. The molecule has 0 bridgehead atoms. The van der Waals surface area contributed by atoms with Gasteiger partial charge >= 0.3 is 0 Å². The normalized spacial score (nSPS) is 11.3. The molecule has 0 radical (unpaired) electrons. The van der Waals surface area contributed by atoms with E-state index in [-0.39, 0.29) is 5.75 Å². The van der Waals surface area contributed by atoms with Gasteiger partial charge in [0, 0.05) is 0 Å². The van der Waals surface area contributed by atoms with E-state index in [4.69, 9.17) is 0 Å². The first-order valence-electron chi connectivity index (χ1n) is 5.02. The molecule has 0 unspecified atom stereocenters. The average Bonchev–Trinajstić information content (AvgIpc) is 2.19. The van der Waals surface area contributed by atoms with Crippen molar-refractivity contribution < 1.29 is 8.42 Å². The van der Waals surface area contributed by atoms with Gasteiger partial charge in [-0.3, -0.25) is 0 Å². The number of aryl methyl sites for hydroxylation is 1. The van der Waals surface area contributed by atoms with Crippen molar-refractivity contribution in [3.05, 3.63) is 42.5 Å². The Hall–Kier alpha value is -1.09. The van der Waals surface area contributed by atoms with Crippen LogP contribution in [-0.2, 0) is 16.3 Å². The van der Waals surface area contributed by atoms with E-state index >= 15 is 0 Å². The van der Waals surface area contributed by atoms with E-state index < -0.39 is 9.84 Å². The Balaban J connectivity index is 2.93. The van der Waals surface area contributed by atoms with E-state index in [0.29, 0.717) is 4.90 Å². The van der Waals surface area contributed by atoms with Gasteiger partial charge in [0.15, 0.2) is 9.84 Å². The molecule has 0 aromatic heterocycles. The van der Waals surface area contributed by atoms with Crippen molar-refractivity contribution in [2.24, 2.45) is 0 Å². The van der Waals surface area contributed by atoms with Crippen molar-refractivity contribution >= 4 is 9.84 Å². The van der Waals surface area contributed by atoms with Gasteiger partial charge in [-0.1, -0.05) is 31.6 Å². The molecule has 0 saturated carbocycles. The zero-order chi connectivity index (χ0) is 11.3. The summed E-state index contributed by atoms with van der Waals surface area (Å²) in [4.78, 5) is 0.377. The second-order valence-corrected chi connectivity index (χ2v) is 5.50. The van der Waals surface area contributed by atoms with Gasteiger partial charge in [0.2, 0.25) is 0 Å². The zero-order valence-corrected chi connectivity index (χ0v) is 9.76. The second kappa shape index (κ2) is 5.12. The fourth-order valence-electron chi connectivity index (χ4n) is 1.40. The van der Waals surface area contributed by atoms with Crippen LogP contribution < -0.4 is 0 Å². The monoisotopic (exact) mass is 224 g/mol. The summed E-state index contributed by atoms with van der Waals surface area (Å²) < 4.78 is 23.3. The minimum Gasteiger partial charge on any atom is -0.223 e. The van der Waals surface area contributed by atoms with Crippen LogP contribution in [0.2, 0.25) is 0 Å². The molecule has 0 N–H and O–H groups in total. The molecule has 3 heteroatoms. The molecule has 1 aromatic rings. The number of rotatable bonds is 5. The minimum atomic E-state index is -3.16. The Morgan fingerprint density at radius 3 is 2.33 bits per heavy atom. The molecule has 2 nitrogen and oxygen atoms in total. The van der Waals surface area contributed by atoms with E-state index in [0.717, 1.165) is 12.8 Å². The molecule has 0 fully saturated rings. The Labute approximate surface area is 91.6 Å². The summed E-state index contributed by atoms with van der Waals surface area (Å²) in [7, 11) is -3.16. The van der Waals surface area contributed by atoms with Crippen LogP contribution >= 0.6 is 0 Å². The predicted molar refractivity (Wildman–Crippen MR) is 62.7 cm³/mol. The summed E-state index contributed by atoms with van der Waals surface area (Å²) >= 11 is 0. The van der Waals surface area contributed by atoms with Crippen LogP contribution in [-0.4, -0.2) is 14.2 Å². The van der Waals surface area contributed by atoms with Gasteiger partial charge in [0.05, 0.1) is 10.6 Å². The lowest BCUT2D eigenvalue weighted by Gasteiger charge is -2.03. The standard InChI is InChI=1S/C12H16O2S/c1-3-5-11-6-8-12(9-7-11)15(13,14)10-4-2/h4,6-9H,2-3,5,10H2,1H3. The Morgan fingerprint density at radius 1 is 1.27 bits per heavy atom. The first-order chi connectivity index (χ1) is 7.10. The lowest BCUT2D eigenvalue weighted by Crippen LogP contribution is -2.04. The molecule has 0 aliphatic carbocycles. The smallest absolute Gasteiger partial charge is 0.181 e. The summed E-state index contributed by atoms with van der Waals surface area (Å²) in [5, 5.41) is 0. The lowest BCUT2D eigenvalue weighted by molar-refractivity contribution is 0.599. The SMILES string of the molecule is C=CCS(=O)(=O)c1ccc(CCC)cc1. The molecule has 0 aliphatic rings. The van der Waals surface area contributed by atoms with Crippen molar-refractivity contribution in [1.29, 1.82) is 0 Å². The maximum Gasteiger partial charge on any atom is 0.181 e. The Morgan fingerprint density at radius 2 is 1.87 bits per heavy atom. The molecule has 0 spiro atoms. The molecule has 82 valence electrons. The first-order valence-corrected chi connectivity index (χ1v) is 6.68. The topological polar surface area (TPSA) is 34.1 Å². The van der Waals surface area contributed by atoms with Gasteiger partial charge < -0.3 is 0 Å². The highest BCUT2D eigenvalue weighted by molar-refractivity contribution is 7.91. The molecule has 0 atom stereocenters. The van der Waals surface area contributed by atoms with E-state index in [1.807, 2.05) is 12.1 Å². The van der Waals surface area contributed by atoms with Crippen molar-refractivity contribution in [2.75, 3.05) is 5.75 Å². The molecule has 0 amide bonds. The third-order valence-electron chi connectivity index (χ3n) is 2.16. The molecule has 1 rings (SSSR count). The highest BCUT2D eigenvalue weighted by atomic mass is 32.2. The number of hydrogen-bond acceptors (Lipinski definition) is 2. The van der Waals surface area contributed by atoms with Gasteiger partial charge in [-0.05, 0) is 24.1 Å². The Kier molecular flexibility index (Phi) is 4.09. The summed E-state index contributed by atoms with van der Waals surface area (Å²) in [6, 6.07) is 7.09. The fraction of sp³-hybridized carbons (Fsp3) is 0.333. The zero-order valence-electron chi connectivity index (χ0n) is 8.94. The number of benzene rings is 1. The quantitative estimate of drug-likeness (QED) is 0.720. The highest BCUT2D eigenvalue weighted by Crippen LogP contribution is 2.13. The van der Waals surface area contributed by atoms with Crippen molar-refractivity contribution in [2.45, 2.75) is 24.7 Å². The third-order valence-corrected chi connectivity index (χ3v) is 3.82. The maximum atomic E-state index is 11.6. The number of sulfone groups is 1. The minimum absolute atomic E-state index is 0.000123. The van der Waals surface area contributed by atoms with Gasteiger partial charge in [0.1, 0.15) is 0 Å². The first kappa shape index (κ1) is 12.0. The molecule has 15 heavy (non-hydrogen) atoms. The Bertz CT molecular complexity index is 415. The van der Waals surface area contributed by atoms with E-state index in [1.54, 1.807) is 12.1 Å².